The normalized spacial score (nSPS) is 16.6. The molecule has 0 radical (unpaired) electrons. The number of nitrogens with two attached hydrogens (primary N) is 1. The molecule has 1 aromatic rings. The first-order valence-corrected chi connectivity index (χ1v) is 7.52. The number of amides is 1. The van der Waals surface area contributed by atoms with Gasteiger partial charge in [-0.1, -0.05) is 37.0 Å². The van der Waals surface area contributed by atoms with E-state index in [0.717, 1.165) is 24.8 Å². The van der Waals surface area contributed by atoms with Crippen LogP contribution < -0.4 is 15.8 Å². The number of carbonyl (C=O) groups is 1. The quantitative estimate of drug-likeness (QED) is 0.858. The number of aryl methyl sites for hydroxylation is 1. The van der Waals surface area contributed by atoms with E-state index in [4.69, 9.17) is 5.73 Å². The molecule has 23 heavy (non-hydrogen) atoms. The van der Waals surface area contributed by atoms with Gasteiger partial charge < -0.3 is 15.8 Å². The van der Waals surface area contributed by atoms with E-state index in [-0.39, 0.29) is 30.6 Å². The van der Waals surface area contributed by atoms with Crippen molar-refractivity contribution in [1.29, 1.82) is 0 Å². The molecule has 7 heteroatoms. The first-order chi connectivity index (χ1) is 10.4. The fourth-order valence-corrected chi connectivity index (χ4v) is 2.82. The van der Waals surface area contributed by atoms with E-state index in [9.17, 15) is 13.6 Å². The average Bonchev–Trinajstić information content (AvgIpc) is 2.47. The van der Waals surface area contributed by atoms with Crippen molar-refractivity contribution in [2.24, 2.45) is 5.73 Å². The second kappa shape index (κ2) is 8.45. The highest BCUT2D eigenvalue weighted by Gasteiger charge is 2.35. The Morgan fingerprint density at radius 2 is 2.00 bits per heavy atom. The summed E-state index contributed by atoms with van der Waals surface area (Å²) in [7, 11) is 0. The number of alkyl halides is 2. The molecule has 1 amide bonds. The van der Waals surface area contributed by atoms with Gasteiger partial charge in [-0.2, -0.15) is 8.78 Å². The van der Waals surface area contributed by atoms with Crippen LogP contribution in [0, 0.1) is 6.92 Å². The molecule has 4 nitrogen and oxygen atoms in total. The van der Waals surface area contributed by atoms with Crippen molar-refractivity contribution in [2.45, 2.75) is 57.7 Å². The third-order valence-electron chi connectivity index (χ3n) is 4.07. The molecule has 0 saturated heterocycles. The Balaban J connectivity index is 0.00000264. The predicted molar refractivity (Wildman–Crippen MR) is 86.9 cm³/mol. The van der Waals surface area contributed by atoms with Gasteiger partial charge >= 0.3 is 6.61 Å². The second-order valence-corrected chi connectivity index (χ2v) is 5.89. The van der Waals surface area contributed by atoms with Crippen LogP contribution in [0.25, 0.3) is 0 Å². The Kier molecular flexibility index (Phi) is 7.22. The summed E-state index contributed by atoms with van der Waals surface area (Å²) in [5, 5.41) is 2.76. The molecule has 3 N–H and O–H groups in total. The van der Waals surface area contributed by atoms with Crippen LogP contribution in [0.15, 0.2) is 18.2 Å². The van der Waals surface area contributed by atoms with Crippen LogP contribution in [0.4, 0.5) is 8.78 Å². The highest BCUT2D eigenvalue weighted by molar-refractivity contribution is 5.86. The largest absolute Gasteiger partial charge is 0.434 e. The van der Waals surface area contributed by atoms with Crippen LogP contribution in [0.3, 0.4) is 0 Å². The zero-order valence-electron chi connectivity index (χ0n) is 13.1. The number of ether oxygens (including phenoxy) is 1. The summed E-state index contributed by atoms with van der Waals surface area (Å²) >= 11 is 0. The minimum Gasteiger partial charge on any atom is -0.434 e. The van der Waals surface area contributed by atoms with E-state index in [1.165, 1.54) is 6.07 Å². The van der Waals surface area contributed by atoms with Crippen molar-refractivity contribution in [3.63, 3.8) is 0 Å². The van der Waals surface area contributed by atoms with Gasteiger partial charge in [0, 0.05) is 12.1 Å². The number of carbonyl (C=O) groups excluding carboxylic acids is 1. The van der Waals surface area contributed by atoms with Gasteiger partial charge in [-0.25, -0.2) is 0 Å². The average molecular weight is 349 g/mol. The molecule has 1 aliphatic rings. The van der Waals surface area contributed by atoms with Crippen LogP contribution in [-0.2, 0) is 11.3 Å². The lowest BCUT2D eigenvalue weighted by Gasteiger charge is -2.31. The molecule has 1 saturated carbocycles. The summed E-state index contributed by atoms with van der Waals surface area (Å²) in [6, 6.07) is 4.90. The number of halogens is 3. The highest BCUT2D eigenvalue weighted by atomic mass is 35.5. The van der Waals surface area contributed by atoms with Gasteiger partial charge in [0.2, 0.25) is 5.91 Å². The van der Waals surface area contributed by atoms with Crippen molar-refractivity contribution >= 4 is 18.3 Å². The number of benzene rings is 1. The third-order valence-corrected chi connectivity index (χ3v) is 4.07. The van der Waals surface area contributed by atoms with Gasteiger partial charge in [0.15, 0.2) is 0 Å². The molecule has 1 aliphatic carbocycles. The van der Waals surface area contributed by atoms with E-state index in [2.05, 4.69) is 10.1 Å². The predicted octanol–water partition coefficient (Wildman–Crippen LogP) is 3.30. The molecule has 1 aromatic carbocycles. The second-order valence-electron chi connectivity index (χ2n) is 5.89. The summed E-state index contributed by atoms with van der Waals surface area (Å²) in [6.45, 7) is -0.916. The minimum absolute atomic E-state index is 0. The summed E-state index contributed by atoms with van der Waals surface area (Å²) < 4.78 is 29.3. The summed E-state index contributed by atoms with van der Waals surface area (Å²) in [4.78, 5) is 12.3. The van der Waals surface area contributed by atoms with Crippen LogP contribution in [-0.4, -0.2) is 18.1 Å². The lowest BCUT2D eigenvalue weighted by Crippen LogP contribution is -2.54. The smallest absolute Gasteiger partial charge is 0.387 e. The molecule has 0 aromatic heterocycles. The number of nitrogens with one attached hydrogen (secondary N) is 1. The van der Waals surface area contributed by atoms with Gasteiger partial charge in [-0.3, -0.25) is 4.79 Å². The molecule has 0 aliphatic heterocycles. The van der Waals surface area contributed by atoms with Crippen LogP contribution in [0.5, 0.6) is 5.75 Å². The lowest BCUT2D eigenvalue weighted by atomic mass is 9.82. The first kappa shape index (κ1) is 19.6. The Labute approximate surface area is 141 Å². The Morgan fingerprint density at radius 1 is 1.35 bits per heavy atom. The molecular weight excluding hydrogens is 326 g/mol. The molecule has 0 bridgehead atoms. The molecule has 0 heterocycles. The topological polar surface area (TPSA) is 64.3 Å². The standard InChI is InChI=1S/C16H22F2N2O2.ClH/c1-11-5-6-13(22-15(17)18)12(9-11)10-20-14(21)16(19)7-3-2-4-8-16;/h5-6,9,15H,2-4,7-8,10,19H2,1H3,(H,20,21);1H. The first-order valence-electron chi connectivity index (χ1n) is 7.52. The van der Waals surface area contributed by atoms with E-state index >= 15 is 0 Å². The zero-order chi connectivity index (χ0) is 16.2. The number of hydrogen-bond donors (Lipinski definition) is 2. The molecule has 0 atom stereocenters. The van der Waals surface area contributed by atoms with Crippen molar-refractivity contribution in [3.8, 4) is 5.75 Å². The van der Waals surface area contributed by atoms with Gasteiger partial charge in [0.1, 0.15) is 5.75 Å². The van der Waals surface area contributed by atoms with Gasteiger partial charge in [-0.15, -0.1) is 12.4 Å². The number of rotatable bonds is 5. The van der Waals surface area contributed by atoms with Crippen LogP contribution in [0.2, 0.25) is 0 Å². The highest BCUT2D eigenvalue weighted by Crippen LogP contribution is 2.27. The van der Waals surface area contributed by atoms with Crippen molar-refractivity contribution in [2.75, 3.05) is 0 Å². The maximum absolute atomic E-state index is 12.4. The molecule has 0 spiro atoms. The van der Waals surface area contributed by atoms with Crippen molar-refractivity contribution < 1.29 is 18.3 Å². The van der Waals surface area contributed by atoms with Crippen LogP contribution >= 0.6 is 12.4 Å². The fourth-order valence-electron chi connectivity index (χ4n) is 2.82. The molecule has 0 unspecified atom stereocenters. The Bertz CT molecular complexity index is 535. The Morgan fingerprint density at radius 3 is 2.61 bits per heavy atom. The fraction of sp³-hybridized carbons (Fsp3) is 0.562. The van der Waals surface area contributed by atoms with E-state index in [1.807, 2.05) is 6.92 Å². The molecular formula is C16H23ClF2N2O2. The lowest BCUT2D eigenvalue weighted by molar-refractivity contribution is -0.127. The van der Waals surface area contributed by atoms with Gasteiger partial charge in [-0.05, 0) is 25.8 Å². The Hall–Kier alpha value is -1.40. The minimum atomic E-state index is -2.89. The van der Waals surface area contributed by atoms with E-state index < -0.39 is 12.2 Å². The van der Waals surface area contributed by atoms with Crippen molar-refractivity contribution in [1.82, 2.24) is 5.32 Å². The maximum Gasteiger partial charge on any atom is 0.387 e. The van der Waals surface area contributed by atoms with Gasteiger partial charge in [0.25, 0.3) is 0 Å². The third kappa shape index (κ3) is 5.32. The molecule has 1 fully saturated rings. The zero-order valence-corrected chi connectivity index (χ0v) is 13.9. The van der Waals surface area contributed by atoms with Gasteiger partial charge in [0.05, 0.1) is 5.54 Å². The van der Waals surface area contributed by atoms with E-state index in [0.29, 0.717) is 18.4 Å². The van der Waals surface area contributed by atoms with E-state index in [1.54, 1.807) is 12.1 Å². The summed E-state index contributed by atoms with van der Waals surface area (Å²) in [6.07, 6.45) is 4.29. The number of hydrogen-bond acceptors (Lipinski definition) is 3. The summed E-state index contributed by atoms with van der Waals surface area (Å²) in [5.41, 5.74) is 6.74. The summed E-state index contributed by atoms with van der Waals surface area (Å²) in [5.74, 6) is -0.146. The maximum atomic E-state index is 12.4. The molecule has 130 valence electrons. The SMILES string of the molecule is Cc1ccc(OC(F)F)c(CNC(=O)C2(N)CCCCC2)c1.Cl. The monoisotopic (exact) mass is 348 g/mol. The van der Waals surface area contributed by atoms with Crippen LogP contribution in [0.1, 0.15) is 43.2 Å². The van der Waals surface area contributed by atoms with Crippen molar-refractivity contribution in [3.05, 3.63) is 29.3 Å². The molecule has 2 rings (SSSR count).